The molecule has 1 aromatic heterocycles. The first-order valence-corrected chi connectivity index (χ1v) is 10.4. The van der Waals surface area contributed by atoms with Crippen molar-refractivity contribution in [1.82, 2.24) is 4.57 Å². The van der Waals surface area contributed by atoms with Gasteiger partial charge >= 0.3 is 0 Å². The molecular weight excluding hydrogens is 399 g/mol. The summed E-state index contributed by atoms with van der Waals surface area (Å²) in [6.45, 7) is 4.92. The molecule has 3 nitrogen and oxygen atoms in total. The lowest BCUT2D eigenvalue weighted by atomic mass is 10.1. The number of hydrogen-bond donors (Lipinski definition) is 0. The van der Waals surface area contributed by atoms with Gasteiger partial charge in [-0.3, -0.25) is 4.79 Å². The van der Waals surface area contributed by atoms with Crippen LogP contribution in [-0.4, -0.2) is 10.5 Å². The van der Waals surface area contributed by atoms with Crippen molar-refractivity contribution in [3.05, 3.63) is 73.8 Å². The zero-order valence-electron chi connectivity index (χ0n) is 15.2. The molecule has 3 rings (SSSR count). The van der Waals surface area contributed by atoms with Crippen molar-refractivity contribution in [2.24, 2.45) is 4.99 Å². The van der Waals surface area contributed by atoms with Crippen LogP contribution >= 0.6 is 34.5 Å². The first-order valence-electron chi connectivity index (χ1n) is 8.87. The van der Waals surface area contributed by atoms with Crippen LogP contribution in [0.3, 0.4) is 0 Å². The van der Waals surface area contributed by atoms with Crippen LogP contribution in [0.2, 0.25) is 10.0 Å². The number of benzene rings is 2. The summed E-state index contributed by atoms with van der Waals surface area (Å²) in [6.07, 6.45) is 1.95. The molecule has 2 aromatic carbocycles. The van der Waals surface area contributed by atoms with Crippen LogP contribution in [0.25, 0.3) is 11.3 Å². The molecule has 0 atom stereocenters. The Balaban J connectivity index is 2.16. The van der Waals surface area contributed by atoms with E-state index in [9.17, 15) is 4.79 Å². The number of carbonyl (C=O) groups excluding carboxylic acids is 1. The molecule has 0 aliphatic rings. The lowest BCUT2D eigenvalue weighted by molar-refractivity contribution is 0.0998. The quantitative estimate of drug-likeness (QED) is 0.482. The fourth-order valence-corrected chi connectivity index (χ4v) is 4.59. The molecule has 0 spiro atoms. The average molecular weight is 419 g/mol. The number of rotatable bonds is 5. The predicted molar refractivity (Wildman–Crippen MR) is 114 cm³/mol. The highest BCUT2D eigenvalue weighted by atomic mass is 35.5. The minimum atomic E-state index is -0.324. The topological polar surface area (TPSA) is 34.4 Å². The van der Waals surface area contributed by atoms with E-state index in [0.29, 0.717) is 27.0 Å². The zero-order valence-corrected chi connectivity index (χ0v) is 17.5. The van der Waals surface area contributed by atoms with Gasteiger partial charge < -0.3 is 4.57 Å². The summed E-state index contributed by atoms with van der Waals surface area (Å²) in [6, 6.07) is 14.8. The van der Waals surface area contributed by atoms with Gasteiger partial charge in [-0.15, -0.1) is 11.3 Å². The molecule has 27 heavy (non-hydrogen) atoms. The van der Waals surface area contributed by atoms with Crippen LogP contribution in [0.5, 0.6) is 0 Å². The van der Waals surface area contributed by atoms with Gasteiger partial charge in [-0.05, 0) is 43.2 Å². The highest BCUT2D eigenvalue weighted by molar-refractivity contribution is 7.09. The maximum Gasteiger partial charge on any atom is 0.281 e. The molecule has 0 fully saturated rings. The van der Waals surface area contributed by atoms with Gasteiger partial charge in [-0.25, -0.2) is 0 Å². The second kappa shape index (κ2) is 8.87. The van der Waals surface area contributed by atoms with Crippen LogP contribution in [0, 0.1) is 0 Å². The Hall–Kier alpha value is -1.88. The first-order chi connectivity index (χ1) is 13.0. The van der Waals surface area contributed by atoms with Gasteiger partial charge in [0.25, 0.3) is 5.91 Å². The van der Waals surface area contributed by atoms with Crippen molar-refractivity contribution < 1.29 is 4.79 Å². The van der Waals surface area contributed by atoms with Crippen molar-refractivity contribution >= 4 is 40.4 Å². The molecule has 0 unspecified atom stereocenters. The molecule has 0 aliphatic heterocycles. The highest BCUT2D eigenvalue weighted by Crippen LogP contribution is 2.28. The van der Waals surface area contributed by atoms with Crippen molar-refractivity contribution in [3.63, 3.8) is 0 Å². The fraction of sp³-hybridized carbons (Fsp3) is 0.238. The number of carbonyl (C=O) groups is 1. The zero-order chi connectivity index (χ0) is 19.4. The van der Waals surface area contributed by atoms with Crippen molar-refractivity contribution in [1.29, 1.82) is 0 Å². The molecule has 0 radical (unpaired) electrons. The van der Waals surface area contributed by atoms with Gasteiger partial charge in [-0.2, -0.15) is 4.99 Å². The van der Waals surface area contributed by atoms with Gasteiger partial charge in [-0.1, -0.05) is 60.8 Å². The Kier molecular flexibility index (Phi) is 6.53. The van der Waals surface area contributed by atoms with E-state index in [1.807, 2.05) is 24.3 Å². The molecule has 0 bridgehead atoms. The van der Waals surface area contributed by atoms with E-state index >= 15 is 0 Å². The van der Waals surface area contributed by atoms with E-state index in [-0.39, 0.29) is 5.91 Å². The normalized spacial score (nSPS) is 11.8. The monoisotopic (exact) mass is 418 g/mol. The van der Waals surface area contributed by atoms with Gasteiger partial charge in [0.1, 0.15) is 0 Å². The maximum absolute atomic E-state index is 12.7. The highest BCUT2D eigenvalue weighted by Gasteiger charge is 2.16. The van der Waals surface area contributed by atoms with Gasteiger partial charge in [0.15, 0.2) is 4.80 Å². The van der Waals surface area contributed by atoms with E-state index in [0.717, 1.165) is 24.1 Å². The molecule has 0 aliphatic carbocycles. The Bertz CT molecular complexity index is 1020. The number of aromatic nitrogens is 1. The van der Waals surface area contributed by atoms with Crippen molar-refractivity contribution in [2.75, 3.05) is 0 Å². The molecule has 1 heterocycles. The number of halogens is 2. The summed E-state index contributed by atoms with van der Waals surface area (Å²) >= 11 is 13.8. The number of aryl methyl sites for hydroxylation is 1. The third-order valence-corrected chi connectivity index (χ3v) is 5.91. The summed E-state index contributed by atoms with van der Waals surface area (Å²) in [5.74, 6) is -0.324. The maximum atomic E-state index is 12.7. The number of amides is 1. The minimum Gasteiger partial charge on any atom is -0.316 e. The smallest absolute Gasteiger partial charge is 0.281 e. The first kappa shape index (κ1) is 19.9. The second-order valence-electron chi connectivity index (χ2n) is 6.05. The van der Waals surface area contributed by atoms with E-state index < -0.39 is 0 Å². The van der Waals surface area contributed by atoms with Crippen LogP contribution in [0.15, 0.2) is 53.5 Å². The molecule has 0 N–H and O–H groups in total. The Morgan fingerprint density at radius 3 is 2.41 bits per heavy atom. The molecule has 140 valence electrons. The third-order valence-electron chi connectivity index (χ3n) is 4.19. The molecule has 6 heteroatoms. The Morgan fingerprint density at radius 2 is 1.78 bits per heavy atom. The van der Waals surface area contributed by atoms with E-state index in [4.69, 9.17) is 23.2 Å². The number of thiazole rings is 1. The largest absolute Gasteiger partial charge is 0.316 e. The van der Waals surface area contributed by atoms with Crippen LogP contribution in [0.4, 0.5) is 0 Å². The number of nitrogens with zero attached hydrogens (tertiary/aromatic N) is 2. The summed E-state index contributed by atoms with van der Waals surface area (Å²) in [5.41, 5.74) is 2.60. The summed E-state index contributed by atoms with van der Waals surface area (Å²) in [7, 11) is 0. The van der Waals surface area contributed by atoms with Gasteiger partial charge in [0, 0.05) is 16.4 Å². The lowest BCUT2D eigenvalue weighted by Crippen LogP contribution is -2.17. The van der Waals surface area contributed by atoms with Crippen LogP contribution < -0.4 is 4.80 Å². The van der Waals surface area contributed by atoms with E-state index in [1.165, 1.54) is 4.88 Å². The van der Waals surface area contributed by atoms with Crippen molar-refractivity contribution in [3.8, 4) is 11.3 Å². The molecule has 1 amide bonds. The predicted octanol–water partition coefficient (Wildman–Crippen LogP) is 6.24. The van der Waals surface area contributed by atoms with E-state index in [2.05, 4.69) is 23.4 Å². The lowest BCUT2D eigenvalue weighted by Gasteiger charge is -2.09. The average Bonchev–Trinajstić information content (AvgIpc) is 3.00. The SMILES string of the molecule is CCCc1sc(=NC(=O)c2ccccc2Cl)n(CC)c1-c1ccc(Cl)cc1. The second-order valence-corrected chi connectivity index (χ2v) is 7.96. The summed E-state index contributed by atoms with van der Waals surface area (Å²) in [4.78, 5) is 19.0. The minimum absolute atomic E-state index is 0.324. The van der Waals surface area contributed by atoms with Crippen molar-refractivity contribution in [2.45, 2.75) is 33.2 Å². The summed E-state index contributed by atoms with van der Waals surface area (Å²) < 4.78 is 2.09. The fourth-order valence-electron chi connectivity index (χ4n) is 2.94. The Morgan fingerprint density at radius 1 is 1.07 bits per heavy atom. The van der Waals surface area contributed by atoms with Gasteiger partial charge in [0.05, 0.1) is 16.3 Å². The summed E-state index contributed by atoms with van der Waals surface area (Å²) in [5, 5.41) is 1.12. The number of hydrogen-bond acceptors (Lipinski definition) is 2. The van der Waals surface area contributed by atoms with Crippen LogP contribution in [0.1, 0.15) is 35.5 Å². The standard InChI is InChI=1S/C21H20Cl2N2OS/c1-3-7-18-19(14-10-12-15(22)13-11-14)25(4-2)21(27-18)24-20(26)16-8-5-6-9-17(16)23/h5-6,8-13H,3-4,7H2,1-2H3. The molecule has 0 saturated heterocycles. The Labute approximate surface area is 172 Å². The van der Waals surface area contributed by atoms with Gasteiger partial charge in [0.2, 0.25) is 0 Å². The van der Waals surface area contributed by atoms with E-state index in [1.54, 1.807) is 35.6 Å². The molecule has 0 saturated carbocycles. The molecule has 3 aromatic rings. The van der Waals surface area contributed by atoms with Crippen LogP contribution in [-0.2, 0) is 13.0 Å². The third kappa shape index (κ3) is 4.34. The molecular formula is C21H20Cl2N2OS.